The summed E-state index contributed by atoms with van der Waals surface area (Å²) in [5.41, 5.74) is 7.17. The van der Waals surface area contributed by atoms with E-state index in [1.54, 1.807) is 10.6 Å². The summed E-state index contributed by atoms with van der Waals surface area (Å²) in [4.78, 5) is 35.9. The maximum Gasteiger partial charge on any atom is 0.265 e. The van der Waals surface area contributed by atoms with Crippen LogP contribution in [0.15, 0.2) is 64.3 Å². The van der Waals surface area contributed by atoms with E-state index in [1.807, 2.05) is 54.5 Å². The maximum atomic E-state index is 14.7. The fourth-order valence-electron chi connectivity index (χ4n) is 5.79. The smallest absolute Gasteiger partial charge is 0.265 e. The van der Waals surface area contributed by atoms with E-state index in [-0.39, 0.29) is 11.5 Å². The zero-order valence-corrected chi connectivity index (χ0v) is 26.6. The lowest BCUT2D eigenvalue weighted by Gasteiger charge is -2.32. The number of nitrogens with zero attached hydrogens (tertiary/aromatic N) is 3. The number of hydrogen-bond acceptors (Lipinski definition) is 4. The molecule has 2 aromatic heterocycles. The van der Waals surface area contributed by atoms with Crippen molar-refractivity contribution < 1.29 is 4.79 Å². The number of aromatic nitrogens is 2. The lowest BCUT2D eigenvalue weighted by molar-refractivity contribution is 0.0682. The highest BCUT2D eigenvalue weighted by Crippen LogP contribution is 2.32. The van der Waals surface area contributed by atoms with Crippen LogP contribution in [0.4, 0.5) is 0 Å². The monoisotopic (exact) mass is 599 g/mol. The van der Waals surface area contributed by atoms with Crippen LogP contribution in [0.5, 0.6) is 0 Å². The largest absolute Gasteiger partial charge is 0.338 e. The Bertz CT molecular complexity index is 1670. The maximum absolute atomic E-state index is 14.7. The number of hydrogen-bond donors (Lipinski definition) is 0. The predicted octanol–water partition coefficient (Wildman–Crippen LogP) is 8.70. The molecule has 218 valence electrons. The summed E-state index contributed by atoms with van der Waals surface area (Å²) < 4.78 is 1.80. The average Bonchev–Trinajstić information content (AvgIpc) is 3.47. The van der Waals surface area contributed by atoms with Gasteiger partial charge < -0.3 is 4.90 Å². The number of pyridine rings is 1. The summed E-state index contributed by atoms with van der Waals surface area (Å²) in [6, 6.07) is 15.5. The molecular weight excluding hydrogens is 562 g/mol. The number of halogens is 1. The van der Waals surface area contributed by atoms with Crippen LogP contribution in [0.2, 0.25) is 5.02 Å². The van der Waals surface area contributed by atoms with Crippen LogP contribution in [0.25, 0.3) is 33.6 Å². The van der Waals surface area contributed by atoms with Gasteiger partial charge in [0, 0.05) is 29.1 Å². The third-order valence-corrected chi connectivity index (χ3v) is 9.03. The normalized spacial score (nSPS) is 15.1. The second-order valence-corrected chi connectivity index (χ2v) is 12.7. The minimum Gasteiger partial charge on any atom is -0.338 e. The van der Waals surface area contributed by atoms with Crippen molar-refractivity contribution in [1.82, 2.24) is 14.5 Å². The summed E-state index contributed by atoms with van der Waals surface area (Å²) in [7, 11) is 0. The number of amides is 1. The highest BCUT2D eigenvalue weighted by molar-refractivity contribution is 7.13. The van der Waals surface area contributed by atoms with Crippen molar-refractivity contribution in [3.63, 3.8) is 0 Å². The van der Waals surface area contributed by atoms with Crippen LogP contribution in [0.1, 0.15) is 74.6 Å². The number of thiazole rings is 1. The van der Waals surface area contributed by atoms with E-state index in [0.717, 1.165) is 65.9 Å². The molecule has 1 atom stereocenters. The number of aryl methyl sites for hydroxylation is 2. The summed E-state index contributed by atoms with van der Waals surface area (Å²) >= 11 is 7.53. The molecule has 1 amide bonds. The molecule has 3 heterocycles. The molecule has 0 unspecified atom stereocenters. The fraction of sp³-hybridized carbons (Fsp3) is 0.343. The van der Waals surface area contributed by atoms with Gasteiger partial charge in [-0.05, 0) is 80.9 Å². The number of para-hydroxylation sites is 1. The van der Waals surface area contributed by atoms with Crippen molar-refractivity contribution >= 4 is 34.9 Å². The molecule has 1 aliphatic heterocycles. The SMILES string of the molecule is CCc1cccc(CC)c1-n1c(C=C(C)C)c(C(=O)N2CCC[C@@H](C)C2)cc(-c2nc(-c3ccc(Cl)cc3)cs2)c1=O. The van der Waals surface area contributed by atoms with E-state index in [1.165, 1.54) is 11.3 Å². The molecule has 0 aliphatic carbocycles. The van der Waals surface area contributed by atoms with Crippen LogP contribution >= 0.6 is 22.9 Å². The summed E-state index contributed by atoms with van der Waals surface area (Å²) in [6.45, 7) is 11.8. The van der Waals surface area contributed by atoms with Crippen molar-refractivity contribution in [1.29, 1.82) is 0 Å². The van der Waals surface area contributed by atoms with Gasteiger partial charge in [-0.1, -0.05) is 68.3 Å². The molecule has 1 saturated heterocycles. The Morgan fingerprint density at radius 1 is 1.10 bits per heavy atom. The zero-order valence-electron chi connectivity index (χ0n) is 25.0. The van der Waals surface area contributed by atoms with Gasteiger partial charge in [0.1, 0.15) is 5.01 Å². The van der Waals surface area contributed by atoms with Gasteiger partial charge in [0.2, 0.25) is 0 Å². The van der Waals surface area contributed by atoms with Gasteiger partial charge in [-0.15, -0.1) is 11.3 Å². The van der Waals surface area contributed by atoms with E-state index < -0.39 is 0 Å². The minimum atomic E-state index is -0.168. The lowest BCUT2D eigenvalue weighted by Crippen LogP contribution is -2.40. The van der Waals surface area contributed by atoms with Crippen molar-refractivity contribution in [2.24, 2.45) is 5.92 Å². The summed E-state index contributed by atoms with van der Waals surface area (Å²) in [6.07, 6.45) is 5.61. The van der Waals surface area contributed by atoms with Crippen molar-refractivity contribution in [2.45, 2.75) is 60.3 Å². The van der Waals surface area contributed by atoms with E-state index in [9.17, 15) is 9.59 Å². The Morgan fingerprint density at radius 3 is 2.40 bits per heavy atom. The first-order valence-electron chi connectivity index (χ1n) is 14.8. The van der Waals surface area contributed by atoms with E-state index in [4.69, 9.17) is 16.6 Å². The average molecular weight is 600 g/mol. The van der Waals surface area contributed by atoms with Gasteiger partial charge in [0.05, 0.1) is 28.2 Å². The standard InChI is InChI=1S/C35H38ClN3O2S/c1-6-24-11-8-12-25(7-2)32(24)39-31(18-22(3)4)28(34(40)38-17-9-10-23(5)20-38)19-29(35(39)41)33-37-30(21-42-33)26-13-15-27(36)16-14-26/h8,11-16,18-19,21,23H,6-7,9-10,17,20H2,1-5H3/t23-/m1/s1. The summed E-state index contributed by atoms with van der Waals surface area (Å²) in [5.74, 6) is 0.402. The molecule has 5 rings (SSSR count). The summed E-state index contributed by atoms with van der Waals surface area (Å²) in [5, 5.41) is 3.21. The zero-order chi connectivity index (χ0) is 30.0. The van der Waals surface area contributed by atoms with Crippen molar-refractivity contribution in [3.8, 4) is 27.5 Å². The topological polar surface area (TPSA) is 55.2 Å². The van der Waals surface area contributed by atoms with Gasteiger partial charge in [-0.3, -0.25) is 14.2 Å². The fourth-order valence-corrected chi connectivity index (χ4v) is 6.75. The van der Waals surface area contributed by atoms with Crippen LogP contribution in [-0.2, 0) is 12.8 Å². The van der Waals surface area contributed by atoms with E-state index in [2.05, 4.69) is 39.0 Å². The number of likely N-dealkylation sites (tertiary alicyclic amines) is 1. The first-order chi connectivity index (χ1) is 20.2. The molecule has 7 heteroatoms. The molecule has 4 aromatic rings. The Balaban J connectivity index is 1.82. The third-order valence-electron chi connectivity index (χ3n) is 7.90. The van der Waals surface area contributed by atoms with Gasteiger partial charge in [0.25, 0.3) is 11.5 Å². The molecule has 1 fully saturated rings. The molecule has 0 spiro atoms. The van der Waals surface area contributed by atoms with Gasteiger partial charge in [0.15, 0.2) is 0 Å². The van der Waals surface area contributed by atoms with Crippen LogP contribution in [0.3, 0.4) is 0 Å². The van der Waals surface area contributed by atoms with Crippen LogP contribution in [-0.4, -0.2) is 33.4 Å². The molecular formula is C35H38ClN3O2S. The molecule has 0 radical (unpaired) electrons. The molecule has 0 bridgehead atoms. The van der Waals surface area contributed by atoms with Crippen LogP contribution in [0, 0.1) is 5.92 Å². The number of carbonyl (C=O) groups excluding carboxylic acids is 1. The van der Waals surface area contributed by atoms with Crippen molar-refractivity contribution in [2.75, 3.05) is 13.1 Å². The van der Waals surface area contributed by atoms with E-state index >= 15 is 0 Å². The first-order valence-corrected chi connectivity index (χ1v) is 16.0. The van der Waals surface area contributed by atoms with E-state index in [0.29, 0.717) is 39.3 Å². The molecule has 5 nitrogen and oxygen atoms in total. The predicted molar refractivity (Wildman–Crippen MR) is 176 cm³/mol. The minimum absolute atomic E-state index is 0.0365. The number of piperidine rings is 1. The first kappa shape index (κ1) is 30.0. The molecule has 0 saturated carbocycles. The highest BCUT2D eigenvalue weighted by atomic mass is 35.5. The lowest BCUT2D eigenvalue weighted by atomic mass is 9.97. The second kappa shape index (κ2) is 12.8. The molecule has 1 aliphatic rings. The number of rotatable bonds is 7. The quantitative estimate of drug-likeness (QED) is 0.213. The Labute approximate surface area is 257 Å². The number of allylic oxidation sites excluding steroid dienone is 1. The molecule has 0 N–H and O–H groups in total. The number of benzene rings is 2. The van der Waals surface area contributed by atoms with Gasteiger partial charge in [-0.2, -0.15) is 0 Å². The highest BCUT2D eigenvalue weighted by Gasteiger charge is 2.28. The van der Waals surface area contributed by atoms with Gasteiger partial charge in [-0.25, -0.2) is 4.98 Å². The third kappa shape index (κ3) is 6.02. The Morgan fingerprint density at radius 2 is 1.79 bits per heavy atom. The molecule has 42 heavy (non-hydrogen) atoms. The van der Waals surface area contributed by atoms with Crippen LogP contribution < -0.4 is 5.56 Å². The van der Waals surface area contributed by atoms with Crippen molar-refractivity contribution in [3.05, 3.63) is 97.2 Å². The second-order valence-electron chi connectivity index (χ2n) is 11.4. The Kier molecular flexibility index (Phi) is 9.14. The Hall–Kier alpha value is -3.48. The number of carbonyl (C=O) groups is 1. The van der Waals surface area contributed by atoms with Gasteiger partial charge >= 0.3 is 0 Å². The molecule has 2 aromatic carbocycles.